The van der Waals surface area contributed by atoms with Crippen molar-refractivity contribution in [2.45, 2.75) is 19.1 Å². The van der Waals surface area contributed by atoms with Gasteiger partial charge in [0.15, 0.2) is 5.92 Å². The van der Waals surface area contributed by atoms with Crippen LogP contribution in [0.5, 0.6) is 17.2 Å². The highest BCUT2D eigenvalue weighted by atomic mass is 35.5. The fourth-order valence-electron chi connectivity index (χ4n) is 2.96. The summed E-state index contributed by atoms with van der Waals surface area (Å²) >= 11 is 5.70. The van der Waals surface area contributed by atoms with Gasteiger partial charge in [0.2, 0.25) is 5.24 Å². The Bertz CT molecular complexity index is 1030. The number of methoxy groups -OCH3 is 2. The number of rotatable bonds is 10. The van der Waals surface area contributed by atoms with E-state index in [9.17, 15) is 9.59 Å². The minimum atomic E-state index is -1.22. The molecule has 0 N–H and O–H groups in total. The summed E-state index contributed by atoms with van der Waals surface area (Å²) in [6, 6.07) is 21.2. The summed E-state index contributed by atoms with van der Waals surface area (Å²) in [6.07, 6.45) is 0. The van der Waals surface area contributed by atoms with E-state index in [0.717, 1.165) is 16.9 Å². The maximum Gasteiger partial charge on any atom is 0.322 e. The number of ether oxygens (including phenoxy) is 4. The van der Waals surface area contributed by atoms with E-state index in [-0.39, 0.29) is 6.61 Å². The van der Waals surface area contributed by atoms with Crippen LogP contribution >= 0.6 is 11.6 Å². The van der Waals surface area contributed by atoms with Gasteiger partial charge in [-0.2, -0.15) is 0 Å². The third-order valence-corrected chi connectivity index (χ3v) is 5.00. The molecule has 0 spiro atoms. The molecule has 7 heteroatoms. The fraction of sp³-hybridized carbons (Fsp3) is 0.200. The van der Waals surface area contributed by atoms with Crippen molar-refractivity contribution < 1.29 is 28.5 Å². The Morgan fingerprint density at radius 1 is 0.719 bits per heavy atom. The van der Waals surface area contributed by atoms with Crippen molar-refractivity contribution in [3.63, 3.8) is 0 Å². The standard InChI is InChI=1S/C25H23ClO6/c1-29-20-9-3-17(4-10-20)15-31-22-13-7-19(8-14-22)23(24(26)27)25(28)32-16-18-5-11-21(30-2)12-6-18/h3-14,23H,15-16H2,1-2H3/t23-/m0/s1. The monoisotopic (exact) mass is 454 g/mol. The van der Waals surface area contributed by atoms with Crippen LogP contribution in [0.25, 0.3) is 0 Å². The van der Waals surface area contributed by atoms with Gasteiger partial charge in [-0.3, -0.25) is 9.59 Å². The number of hydrogen-bond donors (Lipinski definition) is 0. The molecule has 0 saturated carbocycles. The Morgan fingerprint density at radius 3 is 1.66 bits per heavy atom. The highest BCUT2D eigenvalue weighted by Crippen LogP contribution is 2.25. The zero-order chi connectivity index (χ0) is 22.9. The van der Waals surface area contributed by atoms with Crippen LogP contribution in [0.2, 0.25) is 0 Å². The maximum atomic E-state index is 12.5. The van der Waals surface area contributed by atoms with E-state index < -0.39 is 17.1 Å². The topological polar surface area (TPSA) is 71.1 Å². The van der Waals surface area contributed by atoms with Gasteiger partial charge >= 0.3 is 5.97 Å². The number of carbonyl (C=O) groups is 2. The predicted molar refractivity (Wildman–Crippen MR) is 120 cm³/mol. The minimum absolute atomic E-state index is 0.0204. The first kappa shape index (κ1) is 23.2. The van der Waals surface area contributed by atoms with E-state index in [0.29, 0.717) is 23.7 Å². The number of hydrogen-bond acceptors (Lipinski definition) is 6. The largest absolute Gasteiger partial charge is 0.497 e. The Hall–Kier alpha value is -3.51. The lowest BCUT2D eigenvalue weighted by atomic mass is 10.0. The molecule has 0 aliphatic carbocycles. The average molecular weight is 455 g/mol. The lowest BCUT2D eigenvalue weighted by molar-refractivity contribution is -0.148. The van der Waals surface area contributed by atoms with Gasteiger partial charge < -0.3 is 18.9 Å². The van der Waals surface area contributed by atoms with Crippen molar-refractivity contribution >= 4 is 22.8 Å². The minimum Gasteiger partial charge on any atom is -0.497 e. The summed E-state index contributed by atoms with van der Waals surface area (Å²) in [5.74, 6) is 0.132. The zero-order valence-electron chi connectivity index (χ0n) is 17.7. The van der Waals surface area contributed by atoms with Crippen LogP contribution in [0.3, 0.4) is 0 Å². The first-order valence-corrected chi connectivity index (χ1v) is 10.2. The SMILES string of the molecule is COc1ccc(COC(=O)[C@H](C(=O)Cl)c2ccc(OCc3ccc(OC)cc3)cc2)cc1. The molecule has 0 saturated heterocycles. The third-order valence-electron chi connectivity index (χ3n) is 4.78. The molecule has 0 aliphatic heterocycles. The van der Waals surface area contributed by atoms with Gasteiger partial charge in [0, 0.05) is 0 Å². The lowest BCUT2D eigenvalue weighted by Crippen LogP contribution is -2.21. The zero-order valence-corrected chi connectivity index (χ0v) is 18.5. The Balaban J connectivity index is 1.59. The second-order valence-corrected chi connectivity index (χ2v) is 7.27. The smallest absolute Gasteiger partial charge is 0.322 e. The van der Waals surface area contributed by atoms with E-state index >= 15 is 0 Å². The van der Waals surface area contributed by atoms with Crippen LogP contribution in [-0.4, -0.2) is 25.4 Å². The Morgan fingerprint density at radius 2 is 1.19 bits per heavy atom. The normalized spacial score (nSPS) is 11.3. The first-order chi connectivity index (χ1) is 15.5. The molecule has 3 rings (SSSR count). The Kier molecular flexibility index (Phi) is 8.11. The fourth-order valence-corrected chi connectivity index (χ4v) is 3.18. The van der Waals surface area contributed by atoms with Crippen LogP contribution in [0.4, 0.5) is 0 Å². The summed E-state index contributed by atoms with van der Waals surface area (Å²) in [7, 11) is 3.18. The molecule has 166 valence electrons. The van der Waals surface area contributed by atoms with Crippen molar-refractivity contribution in [1.82, 2.24) is 0 Å². The molecule has 0 aliphatic rings. The van der Waals surface area contributed by atoms with Gasteiger partial charge in [-0.05, 0) is 64.7 Å². The van der Waals surface area contributed by atoms with Crippen molar-refractivity contribution in [2.75, 3.05) is 14.2 Å². The second-order valence-electron chi connectivity index (χ2n) is 6.90. The second kappa shape index (κ2) is 11.2. The quantitative estimate of drug-likeness (QED) is 0.247. The maximum absolute atomic E-state index is 12.5. The molecular weight excluding hydrogens is 432 g/mol. The summed E-state index contributed by atoms with van der Waals surface area (Å²) in [5.41, 5.74) is 2.18. The van der Waals surface area contributed by atoms with Crippen LogP contribution < -0.4 is 14.2 Å². The van der Waals surface area contributed by atoms with Gasteiger partial charge in [-0.15, -0.1) is 0 Å². The molecule has 1 atom stereocenters. The number of carbonyl (C=O) groups excluding carboxylic acids is 2. The van der Waals surface area contributed by atoms with E-state index in [1.807, 2.05) is 24.3 Å². The average Bonchev–Trinajstić information content (AvgIpc) is 2.82. The summed E-state index contributed by atoms with van der Waals surface area (Å²) in [6.45, 7) is 0.387. The molecule has 0 amide bonds. The number of esters is 1. The summed E-state index contributed by atoms with van der Waals surface area (Å²) in [4.78, 5) is 24.5. The lowest BCUT2D eigenvalue weighted by Gasteiger charge is -2.14. The van der Waals surface area contributed by atoms with Crippen molar-refractivity contribution in [1.29, 1.82) is 0 Å². The van der Waals surface area contributed by atoms with Crippen LogP contribution in [0.15, 0.2) is 72.8 Å². The molecule has 6 nitrogen and oxygen atoms in total. The van der Waals surface area contributed by atoms with Gasteiger partial charge in [-0.1, -0.05) is 36.4 Å². The predicted octanol–water partition coefficient (Wildman–Crippen LogP) is 4.88. The molecular formula is C25H23ClO6. The Labute approximate surface area is 191 Å². The molecule has 0 heterocycles. The number of halogens is 1. The van der Waals surface area contributed by atoms with Gasteiger partial charge in [0.05, 0.1) is 14.2 Å². The van der Waals surface area contributed by atoms with Gasteiger partial charge in [0.1, 0.15) is 30.5 Å². The van der Waals surface area contributed by atoms with E-state index in [1.165, 1.54) is 0 Å². The van der Waals surface area contributed by atoms with Crippen LogP contribution in [0.1, 0.15) is 22.6 Å². The number of benzene rings is 3. The molecule has 0 radical (unpaired) electrons. The van der Waals surface area contributed by atoms with E-state index in [4.69, 9.17) is 30.5 Å². The highest BCUT2D eigenvalue weighted by molar-refractivity contribution is 6.66. The molecule has 0 aromatic heterocycles. The molecule has 0 unspecified atom stereocenters. The molecule has 0 bridgehead atoms. The van der Waals surface area contributed by atoms with E-state index in [1.54, 1.807) is 62.8 Å². The molecule has 3 aromatic rings. The van der Waals surface area contributed by atoms with Crippen LogP contribution in [0, 0.1) is 0 Å². The highest BCUT2D eigenvalue weighted by Gasteiger charge is 2.29. The van der Waals surface area contributed by atoms with Crippen molar-refractivity contribution in [3.05, 3.63) is 89.5 Å². The van der Waals surface area contributed by atoms with Crippen LogP contribution in [-0.2, 0) is 27.5 Å². The molecule has 0 fully saturated rings. The van der Waals surface area contributed by atoms with Gasteiger partial charge in [0.25, 0.3) is 0 Å². The van der Waals surface area contributed by atoms with E-state index in [2.05, 4.69) is 0 Å². The van der Waals surface area contributed by atoms with Crippen molar-refractivity contribution in [3.8, 4) is 17.2 Å². The summed E-state index contributed by atoms with van der Waals surface area (Å²) in [5, 5.41) is -0.809. The van der Waals surface area contributed by atoms with Gasteiger partial charge in [-0.25, -0.2) is 0 Å². The first-order valence-electron chi connectivity index (χ1n) is 9.84. The summed E-state index contributed by atoms with van der Waals surface area (Å²) < 4.78 is 21.3. The third kappa shape index (κ3) is 6.25. The molecule has 32 heavy (non-hydrogen) atoms. The molecule has 3 aromatic carbocycles. The van der Waals surface area contributed by atoms with Crippen molar-refractivity contribution in [2.24, 2.45) is 0 Å².